The first-order chi connectivity index (χ1) is 7.56. The molecule has 0 fully saturated rings. The Hall–Kier alpha value is -1.81. The van der Waals surface area contributed by atoms with Gasteiger partial charge in [0.2, 0.25) is 5.91 Å². The molecule has 1 aromatic carbocycles. The smallest absolute Gasteiger partial charge is 0.360 e. The summed E-state index contributed by atoms with van der Waals surface area (Å²) in [5.41, 5.74) is -0.0317. The van der Waals surface area contributed by atoms with Crippen LogP contribution >= 0.6 is 11.6 Å². The minimum absolute atomic E-state index is 0.113. The predicted molar refractivity (Wildman–Crippen MR) is 61.8 cm³/mol. The Morgan fingerprint density at radius 1 is 1.38 bits per heavy atom. The van der Waals surface area contributed by atoms with Gasteiger partial charge in [0.15, 0.2) is 0 Å². The van der Waals surface area contributed by atoms with E-state index in [9.17, 15) is 9.59 Å². The van der Waals surface area contributed by atoms with Gasteiger partial charge in [-0.1, -0.05) is 11.6 Å². The topological polar surface area (TPSA) is 59.3 Å². The van der Waals surface area contributed by atoms with Gasteiger partial charge in [-0.25, -0.2) is 4.79 Å². The van der Waals surface area contributed by atoms with Gasteiger partial charge in [-0.05, 0) is 24.3 Å². The van der Waals surface area contributed by atoms with Gasteiger partial charge in [-0.2, -0.15) is 0 Å². The summed E-state index contributed by atoms with van der Waals surface area (Å²) in [4.78, 5) is 22.3. The van der Waals surface area contributed by atoms with E-state index in [4.69, 9.17) is 16.0 Å². The molecule has 0 aliphatic heterocycles. The van der Waals surface area contributed by atoms with Crippen LogP contribution in [-0.2, 0) is 4.79 Å². The fourth-order valence-corrected chi connectivity index (χ4v) is 1.55. The maximum atomic E-state index is 11.4. The van der Waals surface area contributed by atoms with Gasteiger partial charge in [0.25, 0.3) is 0 Å². The Morgan fingerprint density at radius 3 is 2.81 bits per heavy atom. The number of rotatable bonds is 1. The SMILES string of the molecule is CC(=O)Nc1cc2cc(Cl)ccc2oc1=O. The molecule has 1 N–H and O–H groups in total. The molecule has 1 amide bonds. The quantitative estimate of drug-likeness (QED) is 0.775. The molecule has 1 heterocycles. The molecule has 0 aliphatic carbocycles. The Kier molecular flexibility index (Phi) is 2.66. The third-order valence-electron chi connectivity index (χ3n) is 2.00. The first kappa shape index (κ1) is 10.7. The average Bonchev–Trinajstić information content (AvgIpc) is 2.19. The maximum Gasteiger partial charge on any atom is 0.360 e. The van der Waals surface area contributed by atoms with Gasteiger partial charge in [-0.15, -0.1) is 0 Å². The van der Waals surface area contributed by atoms with Crippen molar-refractivity contribution in [3.63, 3.8) is 0 Å². The maximum absolute atomic E-state index is 11.4. The third-order valence-corrected chi connectivity index (χ3v) is 2.24. The minimum atomic E-state index is -0.579. The van der Waals surface area contributed by atoms with Gasteiger partial charge in [0, 0.05) is 17.3 Å². The van der Waals surface area contributed by atoms with E-state index in [1.807, 2.05) is 0 Å². The Morgan fingerprint density at radius 2 is 2.12 bits per heavy atom. The second-order valence-corrected chi connectivity index (χ2v) is 3.75. The molecule has 16 heavy (non-hydrogen) atoms. The lowest BCUT2D eigenvalue weighted by Crippen LogP contribution is -2.14. The lowest BCUT2D eigenvalue weighted by molar-refractivity contribution is -0.114. The summed E-state index contributed by atoms with van der Waals surface area (Å²) in [6, 6.07) is 6.43. The highest BCUT2D eigenvalue weighted by atomic mass is 35.5. The van der Waals surface area contributed by atoms with E-state index < -0.39 is 5.63 Å². The number of amides is 1. The molecule has 0 spiro atoms. The normalized spacial score (nSPS) is 10.4. The number of carbonyl (C=O) groups excluding carboxylic acids is 1. The monoisotopic (exact) mass is 237 g/mol. The number of halogens is 1. The molecule has 4 nitrogen and oxygen atoms in total. The van der Waals surface area contributed by atoms with Crippen molar-refractivity contribution in [2.24, 2.45) is 0 Å². The number of benzene rings is 1. The lowest BCUT2D eigenvalue weighted by atomic mass is 10.2. The minimum Gasteiger partial charge on any atom is -0.421 e. The van der Waals surface area contributed by atoms with E-state index in [1.165, 1.54) is 13.0 Å². The molecule has 0 radical (unpaired) electrons. The molecule has 0 aliphatic rings. The largest absolute Gasteiger partial charge is 0.421 e. The molecule has 1 aromatic heterocycles. The van der Waals surface area contributed by atoms with Crippen LogP contribution in [0.5, 0.6) is 0 Å². The number of hydrogen-bond donors (Lipinski definition) is 1. The van der Waals surface area contributed by atoms with Crippen LogP contribution in [-0.4, -0.2) is 5.91 Å². The molecule has 2 rings (SSSR count). The van der Waals surface area contributed by atoms with Crippen LogP contribution in [0.15, 0.2) is 33.5 Å². The van der Waals surface area contributed by atoms with Gasteiger partial charge in [0.1, 0.15) is 11.3 Å². The number of fused-ring (bicyclic) bond motifs is 1. The van der Waals surface area contributed by atoms with Crippen molar-refractivity contribution >= 4 is 34.2 Å². The van der Waals surface area contributed by atoms with Crippen LogP contribution < -0.4 is 10.9 Å². The first-order valence-corrected chi connectivity index (χ1v) is 4.95. The van der Waals surface area contributed by atoms with Crippen LogP contribution in [0, 0.1) is 0 Å². The van der Waals surface area contributed by atoms with Crippen molar-refractivity contribution in [3.05, 3.63) is 39.7 Å². The van der Waals surface area contributed by atoms with Gasteiger partial charge in [-0.3, -0.25) is 4.79 Å². The highest BCUT2D eigenvalue weighted by Gasteiger charge is 2.06. The summed E-state index contributed by atoms with van der Waals surface area (Å²) in [7, 11) is 0. The number of carbonyl (C=O) groups is 1. The van der Waals surface area contributed by atoms with Crippen molar-refractivity contribution in [2.75, 3.05) is 5.32 Å². The molecule has 0 atom stereocenters. The van der Waals surface area contributed by atoms with Crippen LogP contribution in [0.1, 0.15) is 6.92 Å². The lowest BCUT2D eigenvalue weighted by Gasteiger charge is -2.02. The highest BCUT2D eigenvalue weighted by Crippen LogP contribution is 2.20. The third kappa shape index (κ3) is 2.06. The Labute approximate surface area is 95.8 Å². The molecule has 2 aromatic rings. The first-order valence-electron chi connectivity index (χ1n) is 4.57. The van der Waals surface area contributed by atoms with Crippen molar-refractivity contribution < 1.29 is 9.21 Å². The van der Waals surface area contributed by atoms with Gasteiger partial charge < -0.3 is 9.73 Å². The van der Waals surface area contributed by atoms with Crippen molar-refractivity contribution in [1.29, 1.82) is 0 Å². The Balaban J connectivity index is 2.64. The summed E-state index contributed by atoms with van der Waals surface area (Å²) in [5.74, 6) is -0.325. The molecule has 0 bridgehead atoms. The number of nitrogens with one attached hydrogen (secondary N) is 1. The van der Waals surface area contributed by atoms with E-state index in [1.54, 1.807) is 18.2 Å². The van der Waals surface area contributed by atoms with Crippen LogP contribution in [0.4, 0.5) is 5.69 Å². The van der Waals surface area contributed by atoms with Crippen molar-refractivity contribution in [1.82, 2.24) is 0 Å². The van der Waals surface area contributed by atoms with Gasteiger partial charge >= 0.3 is 5.63 Å². The molecule has 5 heteroatoms. The van der Waals surface area contributed by atoms with Gasteiger partial charge in [0.05, 0.1) is 0 Å². The zero-order valence-corrected chi connectivity index (χ0v) is 9.17. The summed E-state index contributed by atoms with van der Waals surface area (Å²) in [6.45, 7) is 1.32. The fraction of sp³-hybridized carbons (Fsp3) is 0.0909. The summed E-state index contributed by atoms with van der Waals surface area (Å²) in [5, 5.41) is 3.60. The van der Waals surface area contributed by atoms with Crippen LogP contribution in [0.2, 0.25) is 5.02 Å². The summed E-state index contributed by atoms with van der Waals surface area (Å²) >= 11 is 5.81. The molecule has 0 unspecified atom stereocenters. The van der Waals surface area contributed by atoms with E-state index >= 15 is 0 Å². The van der Waals surface area contributed by atoms with Crippen LogP contribution in [0.3, 0.4) is 0 Å². The zero-order chi connectivity index (χ0) is 11.7. The average molecular weight is 238 g/mol. The standard InChI is InChI=1S/C11H8ClNO3/c1-6(14)13-9-5-7-4-8(12)2-3-10(7)16-11(9)15/h2-5H,1H3,(H,13,14). The Bertz CT molecular complexity index is 618. The van der Waals surface area contributed by atoms with E-state index in [-0.39, 0.29) is 11.6 Å². The predicted octanol–water partition coefficient (Wildman–Crippen LogP) is 2.40. The number of anilines is 1. The number of hydrogen-bond acceptors (Lipinski definition) is 3. The fourth-order valence-electron chi connectivity index (χ4n) is 1.37. The second kappa shape index (κ2) is 3.98. The molecule has 82 valence electrons. The van der Waals surface area contributed by atoms with E-state index in [0.717, 1.165) is 0 Å². The molecular weight excluding hydrogens is 230 g/mol. The summed E-state index contributed by atoms with van der Waals surface area (Å²) in [6.07, 6.45) is 0. The van der Waals surface area contributed by atoms with Crippen LogP contribution in [0.25, 0.3) is 11.0 Å². The molecule has 0 saturated carbocycles. The van der Waals surface area contributed by atoms with E-state index in [2.05, 4.69) is 5.32 Å². The zero-order valence-electron chi connectivity index (χ0n) is 8.41. The summed E-state index contributed by atoms with van der Waals surface area (Å²) < 4.78 is 5.02. The second-order valence-electron chi connectivity index (χ2n) is 3.31. The van der Waals surface area contributed by atoms with E-state index in [0.29, 0.717) is 16.0 Å². The molecular formula is C11H8ClNO3. The highest BCUT2D eigenvalue weighted by molar-refractivity contribution is 6.31. The van der Waals surface area contributed by atoms with Crippen molar-refractivity contribution in [3.8, 4) is 0 Å². The molecule has 0 saturated heterocycles. The van der Waals surface area contributed by atoms with Crippen molar-refractivity contribution in [2.45, 2.75) is 6.92 Å².